The summed E-state index contributed by atoms with van der Waals surface area (Å²) >= 11 is 0. The van der Waals surface area contributed by atoms with Gasteiger partial charge in [-0.1, -0.05) is 5.92 Å². The topological polar surface area (TPSA) is 61.8 Å². The Kier molecular flexibility index (Phi) is 8.79. The van der Waals surface area contributed by atoms with Gasteiger partial charge in [0.15, 0.2) is 5.92 Å². The van der Waals surface area contributed by atoms with E-state index in [0.29, 0.717) is 0 Å². The Labute approximate surface area is 101 Å². The van der Waals surface area contributed by atoms with Crippen LogP contribution in [0.2, 0.25) is 0 Å². The van der Waals surface area contributed by atoms with E-state index in [9.17, 15) is 9.59 Å². The van der Waals surface area contributed by atoms with E-state index in [-0.39, 0.29) is 32.8 Å². The highest BCUT2D eigenvalue weighted by atomic mass is 16.6. The second-order valence-electron chi connectivity index (χ2n) is 3.10. The fourth-order valence-electron chi connectivity index (χ4n) is 1.15. The van der Waals surface area contributed by atoms with Gasteiger partial charge in [0.05, 0.1) is 13.2 Å². The number of hydrogen-bond donors (Lipinski definition) is 0. The molecule has 0 aliphatic rings. The van der Waals surface area contributed by atoms with E-state index >= 15 is 0 Å². The quantitative estimate of drug-likeness (QED) is 0.272. The molecule has 0 rings (SSSR count). The van der Waals surface area contributed by atoms with E-state index in [2.05, 4.69) is 5.92 Å². The molecule has 0 saturated heterocycles. The van der Waals surface area contributed by atoms with Gasteiger partial charge in [0.25, 0.3) is 0 Å². The molecular weight excluding hydrogens is 224 g/mol. The van der Waals surface area contributed by atoms with Crippen LogP contribution in [0.5, 0.6) is 0 Å². The molecule has 0 fully saturated rings. The maximum atomic E-state index is 11.5. The average Bonchev–Trinajstić information content (AvgIpc) is 2.29. The molecule has 5 nitrogen and oxygen atoms in total. The summed E-state index contributed by atoms with van der Waals surface area (Å²) in [5.74, 6) is 0.183. The van der Waals surface area contributed by atoms with E-state index in [1.807, 2.05) is 0 Å². The highest BCUT2D eigenvalue weighted by molar-refractivity contribution is 5.94. The van der Waals surface area contributed by atoms with Gasteiger partial charge in [-0.15, -0.1) is 6.42 Å². The molecule has 0 atom stereocenters. The van der Waals surface area contributed by atoms with Gasteiger partial charge in [0, 0.05) is 6.61 Å². The lowest BCUT2D eigenvalue weighted by molar-refractivity contribution is -0.162. The number of carbonyl (C=O) groups is 2. The number of ether oxygens (including phenoxy) is 3. The van der Waals surface area contributed by atoms with Crippen LogP contribution in [-0.2, 0) is 23.8 Å². The van der Waals surface area contributed by atoms with Crippen LogP contribution in [0.4, 0.5) is 0 Å². The average molecular weight is 242 g/mol. The van der Waals surface area contributed by atoms with Crippen molar-refractivity contribution in [2.75, 3.05) is 26.4 Å². The summed E-state index contributed by atoms with van der Waals surface area (Å²) in [6, 6.07) is 0. The summed E-state index contributed by atoms with van der Waals surface area (Å²) in [5.41, 5.74) is 0. The molecule has 0 aliphatic carbocycles. The first-order chi connectivity index (χ1) is 8.17. The highest BCUT2D eigenvalue weighted by Crippen LogP contribution is 2.09. The Hall–Kier alpha value is -1.54. The van der Waals surface area contributed by atoms with Crippen LogP contribution >= 0.6 is 0 Å². The molecule has 0 spiro atoms. The van der Waals surface area contributed by atoms with Crippen LogP contribution in [0.15, 0.2) is 0 Å². The zero-order valence-corrected chi connectivity index (χ0v) is 10.2. The standard InChI is InChI=1S/C12H18O5/c1-4-8-15-9-7-10(11(13)16-5-2)12(14)17-6-3/h1,10H,5-9H2,2-3H3. The van der Waals surface area contributed by atoms with Crippen LogP contribution in [-0.4, -0.2) is 38.4 Å². The van der Waals surface area contributed by atoms with Crippen molar-refractivity contribution in [3.8, 4) is 12.3 Å². The lowest BCUT2D eigenvalue weighted by atomic mass is 10.1. The van der Waals surface area contributed by atoms with E-state index in [1.54, 1.807) is 13.8 Å². The Morgan fingerprint density at radius 3 is 2.12 bits per heavy atom. The van der Waals surface area contributed by atoms with E-state index in [1.165, 1.54) is 0 Å². The predicted octanol–water partition coefficient (Wildman–Crippen LogP) is 0.769. The van der Waals surface area contributed by atoms with Crippen LogP contribution in [0.3, 0.4) is 0 Å². The second kappa shape index (κ2) is 9.67. The third-order valence-corrected chi connectivity index (χ3v) is 1.88. The van der Waals surface area contributed by atoms with Crippen molar-refractivity contribution in [3.05, 3.63) is 0 Å². The number of hydrogen-bond acceptors (Lipinski definition) is 5. The second-order valence-corrected chi connectivity index (χ2v) is 3.10. The molecule has 0 heterocycles. The van der Waals surface area contributed by atoms with Gasteiger partial charge in [-0.05, 0) is 20.3 Å². The number of rotatable bonds is 8. The molecule has 0 aromatic heterocycles. The SMILES string of the molecule is C#CCOCCC(C(=O)OCC)C(=O)OCC. The Bertz CT molecular complexity index is 261. The largest absolute Gasteiger partial charge is 0.465 e. The number of esters is 2. The Morgan fingerprint density at radius 1 is 1.18 bits per heavy atom. The molecule has 0 unspecified atom stereocenters. The van der Waals surface area contributed by atoms with E-state index in [4.69, 9.17) is 20.6 Å². The van der Waals surface area contributed by atoms with Crippen molar-refractivity contribution in [2.24, 2.45) is 5.92 Å². The van der Waals surface area contributed by atoms with Gasteiger partial charge in [-0.3, -0.25) is 9.59 Å². The molecule has 0 aliphatic heterocycles. The zero-order valence-electron chi connectivity index (χ0n) is 10.2. The molecule has 0 aromatic rings. The fraction of sp³-hybridized carbons (Fsp3) is 0.667. The summed E-state index contributed by atoms with van der Waals surface area (Å²) in [6.45, 7) is 4.16. The smallest absolute Gasteiger partial charge is 0.320 e. The van der Waals surface area contributed by atoms with Crippen molar-refractivity contribution >= 4 is 11.9 Å². The molecule has 0 radical (unpaired) electrons. The summed E-state index contributed by atoms with van der Waals surface area (Å²) in [6.07, 6.45) is 5.21. The van der Waals surface area contributed by atoms with Crippen LogP contribution in [0.25, 0.3) is 0 Å². The highest BCUT2D eigenvalue weighted by Gasteiger charge is 2.28. The van der Waals surface area contributed by atoms with Gasteiger partial charge >= 0.3 is 11.9 Å². The maximum Gasteiger partial charge on any atom is 0.320 e. The molecule has 0 saturated carbocycles. The zero-order chi connectivity index (χ0) is 13.1. The van der Waals surface area contributed by atoms with Crippen molar-refractivity contribution in [1.29, 1.82) is 0 Å². The van der Waals surface area contributed by atoms with Crippen molar-refractivity contribution < 1.29 is 23.8 Å². The van der Waals surface area contributed by atoms with Crippen molar-refractivity contribution in [1.82, 2.24) is 0 Å². The third kappa shape index (κ3) is 6.59. The summed E-state index contributed by atoms with van der Waals surface area (Å²) in [5, 5.41) is 0. The predicted molar refractivity (Wildman–Crippen MR) is 61.0 cm³/mol. The first-order valence-corrected chi connectivity index (χ1v) is 5.51. The van der Waals surface area contributed by atoms with Gasteiger partial charge < -0.3 is 14.2 Å². The number of carbonyl (C=O) groups excluding carboxylic acids is 2. The minimum atomic E-state index is -0.937. The lowest BCUT2D eigenvalue weighted by Gasteiger charge is -2.13. The van der Waals surface area contributed by atoms with Gasteiger partial charge in [-0.2, -0.15) is 0 Å². The molecular formula is C12H18O5. The summed E-state index contributed by atoms with van der Waals surface area (Å²) < 4.78 is 14.6. The Balaban J connectivity index is 4.25. The minimum Gasteiger partial charge on any atom is -0.465 e. The number of terminal acetylenes is 1. The van der Waals surface area contributed by atoms with Gasteiger partial charge in [0.1, 0.15) is 6.61 Å². The molecule has 17 heavy (non-hydrogen) atoms. The van der Waals surface area contributed by atoms with Crippen LogP contribution in [0, 0.1) is 18.3 Å². The van der Waals surface area contributed by atoms with Crippen molar-refractivity contribution in [2.45, 2.75) is 20.3 Å². The first kappa shape index (κ1) is 15.5. The lowest BCUT2D eigenvalue weighted by Crippen LogP contribution is -2.29. The summed E-state index contributed by atoms with van der Waals surface area (Å²) in [7, 11) is 0. The first-order valence-electron chi connectivity index (χ1n) is 5.51. The maximum absolute atomic E-state index is 11.5. The van der Waals surface area contributed by atoms with Crippen molar-refractivity contribution in [3.63, 3.8) is 0 Å². The molecule has 0 N–H and O–H groups in total. The monoisotopic (exact) mass is 242 g/mol. The molecule has 0 bridgehead atoms. The minimum absolute atomic E-state index is 0.151. The summed E-state index contributed by atoms with van der Waals surface area (Å²) in [4.78, 5) is 23.0. The van der Waals surface area contributed by atoms with Gasteiger partial charge in [-0.25, -0.2) is 0 Å². The van der Waals surface area contributed by atoms with Crippen LogP contribution in [0.1, 0.15) is 20.3 Å². The third-order valence-electron chi connectivity index (χ3n) is 1.88. The normalized spacial score (nSPS) is 9.76. The molecule has 0 aromatic carbocycles. The van der Waals surface area contributed by atoms with Gasteiger partial charge in [0.2, 0.25) is 0 Å². The molecule has 96 valence electrons. The van der Waals surface area contributed by atoms with E-state index in [0.717, 1.165) is 0 Å². The molecule has 5 heteroatoms. The Morgan fingerprint density at radius 2 is 1.71 bits per heavy atom. The fourth-order valence-corrected chi connectivity index (χ4v) is 1.15. The van der Waals surface area contributed by atoms with Crippen LogP contribution < -0.4 is 0 Å². The molecule has 0 amide bonds. The van der Waals surface area contributed by atoms with E-state index < -0.39 is 17.9 Å².